The van der Waals surface area contributed by atoms with Gasteiger partial charge in [0.2, 0.25) is 0 Å². The number of aromatic nitrogens is 1. The SMILES string of the molecule is Cc1onc(-c2c(F)cccc2Cl)c1C(=O)OCC(=O)N(C)Cc1ccccc1. The molecule has 3 rings (SSSR count). The molecule has 0 spiro atoms. The number of nitrogens with zero attached hydrogens (tertiary/aromatic N) is 2. The van der Waals surface area contributed by atoms with Gasteiger partial charge < -0.3 is 14.2 Å². The molecule has 1 amide bonds. The molecule has 29 heavy (non-hydrogen) atoms. The average Bonchev–Trinajstić information content (AvgIpc) is 3.07. The Labute approximate surface area is 171 Å². The average molecular weight is 417 g/mol. The highest BCUT2D eigenvalue weighted by atomic mass is 35.5. The van der Waals surface area contributed by atoms with Crippen LogP contribution in [0.5, 0.6) is 0 Å². The lowest BCUT2D eigenvalue weighted by molar-refractivity contribution is -0.133. The van der Waals surface area contributed by atoms with Crippen molar-refractivity contribution in [3.05, 3.63) is 76.3 Å². The number of hydrogen-bond acceptors (Lipinski definition) is 5. The van der Waals surface area contributed by atoms with Crippen LogP contribution >= 0.6 is 11.6 Å². The van der Waals surface area contributed by atoms with Crippen molar-refractivity contribution in [2.45, 2.75) is 13.5 Å². The van der Waals surface area contributed by atoms with E-state index in [4.69, 9.17) is 20.9 Å². The number of aryl methyl sites for hydroxylation is 1. The van der Waals surface area contributed by atoms with Crippen LogP contribution in [0.1, 0.15) is 21.7 Å². The lowest BCUT2D eigenvalue weighted by Crippen LogP contribution is -2.30. The fourth-order valence-corrected chi connectivity index (χ4v) is 3.01. The van der Waals surface area contributed by atoms with E-state index in [0.717, 1.165) is 5.56 Å². The highest BCUT2D eigenvalue weighted by Gasteiger charge is 2.27. The molecule has 150 valence electrons. The zero-order valence-electron chi connectivity index (χ0n) is 15.8. The summed E-state index contributed by atoms with van der Waals surface area (Å²) in [5, 5.41) is 3.83. The third-order valence-electron chi connectivity index (χ3n) is 4.28. The van der Waals surface area contributed by atoms with Crippen LogP contribution in [0, 0.1) is 12.7 Å². The Kier molecular flexibility index (Phi) is 6.29. The maximum absolute atomic E-state index is 14.2. The van der Waals surface area contributed by atoms with Crippen molar-refractivity contribution in [2.75, 3.05) is 13.7 Å². The second kappa shape index (κ2) is 8.87. The fourth-order valence-electron chi connectivity index (χ4n) is 2.76. The normalized spacial score (nSPS) is 10.6. The van der Waals surface area contributed by atoms with Crippen LogP contribution in [0.4, 0.5) is 4.39 Å². The summed E-state index contributed by atoms with van der Waals surface area (Å²) in [5.74, 6) is -1.76. The van der Waals surface area contributed by atoms with Crippen molar-refractivity contribution < 1.29 is 23.2 Å². The lowest BCUT2D eigenvalue weighted by atomic mass is 10.1. The molecule has 0 aliphatic carbocycles. The third kappa shape index (κ3) is 4.63. The first-order valence-corrected chi connectivity index (χ1v) is 9.12. The van der Waals surface area contributed by atoms with Crippen molar-refractivity contribution in [3.63, 3.8) is 0 Å². The molecule has 0 saturated heterocycles. The van der Waals surface area contributed by atoms with E-state index in [0.29, 0.717) is 6.54 Å². The van der Waals surface area contributed by atoms with Crippen LogP contribution in [-0.2, 0) is 16.1 Å². The van der Waals surface area contributed by atoms with E-state index >= 15 is 0 Å². The molecule has 1 aromatic heterocycles. The highest BCUT2D eigenvalue weighted by molar-refractivity contribution is 6.33. The van der Waals surface area contributed by atoms with Crippen molar-refractivity contribution in [3.8, 4) is 11.3 Å². The van der Waals surface area contributed by atoms with E-state index in [1.165, 1.54) is 30.0 Å². The fraction of sp³-hybridized carbons (Fsp3) is 0.190. The second-order valence-corrected chi connectivity index (χ2v) is 6.78. The van der Waals surface area contributed by atoms with Crippen LogP contribution in [0.15, 0.2) is 53.1 Å². The van der Waals surface area contributed by atoms with Crippen molar-refractivity contribution in [1.29, 1.82) is 0 Å². The minimum Gasteiger partial charge on any atom is -0.452 e. The number of carbonyl (C=O) groups excluding carboxylic acids is 2. The van der Waals surface area contributed by atoms with E-state index < -0.39 is 18.4 Å². The summed E-state index contributed by atoms with van der Waals surface area (Å²) in [6.07, 6.45) is 0. The van der Waals surface area contributed by atoms with Gasteiger partial charge >= 0.3 is 5.97 Å². The number of hydrogen-bond donors (Lipinski definition) is 0. The van der Waals surface area contributed by atoms with Crippen LogP contribution in [0.25, 0.3) is 11.3 Å². The van der Waals surface area contributed by atoms with Crippen LogP contribution in [-0.4, -0.2) is 35.6 Å². The summed E-state index contributed by atoms with van der Waals surface area (Å²) in [6, 6.07) is 13.5. The molecule has 0 N–H and O–H groups in total. The summed E-state index contributed by atoms with van der Waals surface area (Å²) >= 11 is 6.06. The monoisotopic (exact) mass is 416 g/mol. The van der Waals surface area contributed by atoms with E-state index in [9.17, 15) is 14.0 Å². The molecule has 0 atom stereocenters. The Hall–Kier alpha value is -3.19. The number of halogens is 2. The number of esters is 1. The molecule has 0 fully saturated rings. The molecule has 6 nitrogen and oxygen atoms in total. The summed E-state index contributed by atoms with van der Waals surface area (Å²) < 4.78 is 24.4. The molecule has 8 heteroatoms. The summed E-state index contributed by atoms with van der Waals surface area (Å²) in [7, 11) is 1.61. The molecule has 0 radical (unpaired) electrons. The standard InChI is InChI=1S/C21H18ClFN2O4/c1-13-18(20(24-29-13)19-15(22)9-6-10-16(19)23)21(27)28-12-17(26)25(2)11-14-7-4-3-5-8-14/h3-10H,11-12H2,1-2H3. The van der Waals surface area contributed by atoms with Crippen LogP contribution in [0.3, 0.4) is 0 Å². The zero-order valence-corrected chi connectivity index (χ0v) is 16.6. The predicted octanol–water partition coefficient (Wildman–Crippen LogP) is 4.26. The van der Waals surface area contributed by atoms with Gasteiger partial charge in [-0.25, -0.2) is 9.18 Å². The van der Waals surface area contributed by atoms with Crippen LogP contribution in [0.2, 0.25) is 5.02 Å². The first-order valence-electron chi connectivity index (χ1n) is 8.74. The Morgan fingerprint density at radius 3 is 2.59 bits per heavy atom. The molecule has 3 aromatic rings. The highest BCUT2D eigenvalue weighted by Crippen LogP contribution is 2.33. The Morgan fingerprint density at radius 2 is 1.90 bits per heavy atom. The van der Waals surface area contributed by atoms with Gasteiger partial charge in [0.15, 0.2) is 6.61 Å². The second-order valence-electron chi connectivity index (χ2n) is 6.37. The smallest absolute Gasteiger partial charge is 0.344 e. The van der Waals surface area contributed by atoms with Gasteiger partial charge in [-0.3, -0.25) is 4.79 Å². The molecule has 1 heterocycles. The Balaban J connectivity index is 1.72. The van der Waals surface area contributed by atoms with Gasteiger partial charge in [-0.05, 0) is 24.6 Å². The molecule has 0 aliphatic heterocycles. The minimum absolute atomic E-state index is 0.0644. The maximum atomic E-state index is 14.2. The lowest BCUT2D eigenvalue weighted by Gasteiger charge is -2.17. The Bertz CT molecular complexity index is 1020. The first-order chi connectivity index (χ1) is 13.9. The molecule has 0 aliphatic rings. The number of benzene rings is 2. The molecule has 0 bridgehead atoms. The number of likely N-dealkylation sites (N-methyl/N-ethyl adjacent to an activating group) is 1. The largest absolute Gasteiger partial charge is 0.452 e. The van der Waals surface area contributed by atoms with Gasteiger partial charge in [0.05, 0.1) is 10.6 Å². The van der Waals surface area contributed by atoms with E-state index in [-0.39, 0.29) is 33.5 Å². The topological polar surface area (TPSA) is 72.6 Å². The summed E-state index contributed by atoms with van der Waals surface area (Å²) in [4.78, 5) is 26.3. The van der Waals surface area contributed by atoms with Crippen molar-refractivity contribution in [1.82, 2.24) is 10.1 Å². The van der Waals surface area contributed by atoms with Crippen molar-refractivity contribution in [2.24, 2.45) is 0 Å². The molecular formula is C21H18ClFN2O4. The number of ether oxygens (including phenoxy) is 1. The van der Waals surface area contributed by atoms with Gasteiger partial charge in [0, 0.05) is 13.6 Å². The van der Waals surface area contributed by atoms with Gasteiger partial charge in [-0.1, -0.05) is 53.2 Å². The quantitative estimate of drug-likeness (QED) is 0.561. The maximum Gasteiger partial charge on any atom is 0.344 e. The summed E-state index contributed by atoms with van der Waals surface area (Å²) in [6.45, 7) is 1.39. The first kappa shape index (κ1) is 20.5. The Morgan fingerprint density at radius 1 is 1.17 bits per heavy atom. The predicted molar refractivity (Wildman–Crippen MR) is 105 cm³/mol. The zero-order chi connectivity index (χ0) is 21.0. The minimum atomic E-state index is -0.848. The van der Waals surface area contributed by atoms with Gasteiger partial charge in [0.25, 0.3) is 5.91 Å². The third-order valence-corrected chi connectivity index (χ3v) is 4.60. The van der Waals surface area contributed by atoms with Gasteiger partial charge in [-0.15, -0.1) is 0 Å². The van der Waals surface area contributed by atoms with E-state index in [1.54, 1.807) is 7.05 Å². The van der Waals surface area contributed by atoms with Gasteiger partial charge in [-0.2, -0.15) is 0 Å². The number of amides is 1. The van der Waals surface area contributed by atoms with E-state index in [1.807, 2.05) is 30.3 Å². The summed E-state index contributed by atoms with van der Waals surface area (Å²) in [5.41, 5.74) is 0.739. The number of carbonyl (C=O) groups is 2. The molecule has 0 unspecified atom stereocenters. The van der Waals surface area contributed by atoms with Crippen LogP contribution < -0.4 is 0 Å². The number of rotatable bonds is 6. The van der Waals surface area contributed by atoms with E-state index in [2.05, 4.69) is 5.16 Å². The molecule has 0 saturated carbocycles. The molecular weight excluding hydrogens is 399 g/mol. The molecule has 2 aromatic carbocycles. The van der Waals surface area contributed by atoms with Gasteiger partial charge in [0.1, 0.15) is 22.8 Å². The van der Waals surface area contributed by atoms with Crippen molar-refractivity contribution >= 4 is 23.5 Å².